The topological polar surface area (TPSA) is 66.9 Å². The van der Waals surface area contributed by atoms with Crippen LogP contribution in [0.3, 0.4) is 0 Å². The zero-order valence-electron chi connectivity index (χ0n) is 16.2. The highest BCUT2D eigenvalue weighted by Crippen LogP contribution is 2.21. The lowest BCUT2D eigenvalue weighted by atomic mass is 10.1. The van der Waals surface area contributed by atoms with Crippen LogP contribution in [0.25, 0.3) is 0 Å². The van der Waals surface area contributed by atoms with Gasteiger partial charge in [0.25, 0.3) is 0 Å². The number of urea groups is 1. The third kappa shape index (κ3) is 4.86. The molecule has 2 saturated heterocycles. The van der Waals surface area contributed by atoms with Crippen molar-refractivity contribution in [2.75, 3.05) is 37.7 Å². The molecule has 7 heteroatoms. The molecular formula is C19H30N4O3. The first-order valence-corrected chi connectivity index (χ1v) is 9.34. The molecule has 0 aliphatic carbocycles. The number of morpholine rings is 2. The van der Waals surface area contributed by atoms with E-state index < -0.39 is 0 Å². The van der Waals surface area contributed by atoms with Crippen LogP contribution < -0.4 is 10.2 Å². The Morgan fingerprint density at radius 1 is 1.31 bits per heavy atom. The van der Waals surface area contributed by atoms with Gasteiger partial charge in [-0.3, -0.25) is 0 Å². The number of rotatable bonds is 3. The van der Waals surface area contributed by atoms with Crippen molar-refractivity contribution in [1.82, 2.24) is 15.2 Å². The van der Waals surface area contributed by atoms with Crippen molar-refractivity contribution in [3.05, 3.63) is 23.9 Å². The van der Waals surface area contributed by atoms with Gasteiger partial charge >= 0.3 is 6.03 Å². The Bertz CT molecular complexity index is 620. The van der Waals surface area contributed by atoms with Gasteiger partial charge in [-0.05, 0) is 39.3 Å². The number of carbonyl (C=O) groups excluding carboxylic acids is 1. The van der Waals surface area contributed by atoms with Gasteiger partial charge in [0.1, 0.15) is 5.82 Å². The predicted molar refractivity (Wildman–Crippen MR) is 100 cm³/mol. The van der Waals surface area contributed by atoms with Gasteiger partial charge in [-0.2, -0.15) is 0 Å². The smallest absolute Gasteiger partial charge is 0.317 e. The van der Waals surface area contributed by atoms with Gasteiger partial charge in [0.05, 0.1) is 31.0 Å². The fourth-order valence-corrected chi connectivity index (χ4v) is 3.63. The van der Waals surface area contributed by atoms with E-state index in [0.717, 1.165) is 31.1 Å². The SMILES string of the molecule is CC1CN(c2ccc(CNC(=O)N3CC(C)OC(C)(C)C3)cn2)CCO1. The third-order valence-corrected chi connectivity index (χ3v) is 4.67. The highest BCUT2D eigenvalue weighted by Gasteiger charge is 2.33. The van der Waals surface area contributed by atoms with Gasteiger partial charge in [0.15, 0.2) is 0 Å². The van der Waals surface area contributed by atoms with Crippen LogP contribution in [0.4, 0.5) is 10.6 Å². The van der Waals surface area contributed by atoms with Gasteiger partial charge < -0.3 is 24.6 Å². The number of carbonyl (C=O) groups is 1. The summed E-state index contributed by atoms with van der Waals surface area (Å²) in [6.45, 7) is 12.2. The summed E-state index contributed by atoms with van der Waals surface area (Å²) in [5.74, 6) is 0.957. The van der Waals surface area contributed by atoms with Crippen LogP contribution in [0.5, 0.6) is 0 Å². The minimum atomic E-state index is -0.312. The normalized spacial score (nSPS) is 25.8. The molecule has 2 unspecified atom stereocenters. The van der Waals surface area contributed by atoms with E-state index >= 15 is 0 Å². The minimum Gasteiger partial charge on any atom is -0.375 e. The molecule has 26 heavy (non-hydrogen) atoms. The summed E-state index contributed by atoms with van der Waals surface area (Å²) in [7, 11) is 0. The van der Waals surface area contributed by atoms with Crippen molar-refractivity contribution in [2.24, 2.45) is 0 Å². The molecule has 2 atom stereocenters. The summed E-state index contributed by atoms with van der Waals surface area (Å²) >= 11 is 0. The van der Waals surface area contributed by atoms with Crippen molar-refractivity contribution in [1.29, 1.82) is 0 Å². The maximum absolute atomic E-state index is 12.5. The number of pyridine rings is 1. The molecule has 2 aliphatic rings. The second kappa shape index (κ2) is 7.80. The Labute approximate surface area is 155 Å². The monoisotopic (exact) mass is 362 g/mol. The van der Waals surface area contributed by atoms with Crippen LogP contribution in [-0.4, -0.2) is 66.5 Å². The zero-order chi connectivity index (χ0) is 18.7. The Morgan fingerprint density at radius 2 is 2.12 bits per heavy atom. The number of ether oxygens (including phenoxy) is 2. The second-order valence-electron chi connectivity index (χ2n) is 7.88. The first-order valence-electron chi connectivity index (χ1n) is 9.34. The Hall–Kier alpha value is -1.86. The Kier molecular flexibility index (Phi) is 5.67. The first-order chi connectivity index (χ1) is 12.3. The summed E-state index contributed by atoms with van der Waals surface area (Å²) in [5.41, 5.74) is 0.678. The van der Waals surface area contributed by atoms with E-state index in [1.165, 1.54) is 0 Å². The van der Waals surface area contributed by atoms with Crippen molar-refractivity contribution in [3.63, 3.8) is 0 Å². The van der Waals surface area contributed by atoms with Crippen molar-refractivity contribution in [3.8, 4) is 0 Å². The van der Waals surface area contributed by atoms with Crippen molar-refractivity contribution in [2.45, 2.75) is 52.0 Å². The standard InChI is InChI=1S/C19H30N4O3/c1-14-11-22(7-8-25-14)17-6-5-16(9-20-17)10-21-18(24)23-12-15(2)26-19(3,4)13-23/h5-6,9,14-15H,7-8,10-13H2,1-4H3,(H,21,24). The first kappa shape index (κ1) is 18.9. The molecule has 0 bridgehead atoms. The van der Waals surface area contributed by atoms with Crippen LogP contribution in [0.1, 0.15) is 33.3 Å². The molecule has 7 nitrogen and oxygen atoms in total. The average Bonchev–Trinajstić information content (AvgIpc) is 2.58. The van der Waals surface area contributed by atoms with Crippen molar-refractivity contribution < 1.29 is 14.3 Å². The summed E-state index contributed by atoms with van der Waals surface area (Å²) < 4.78 is 11.4. The lowest BCUT2D eigenvalue weighted by Crippen LogP contribution is -2.56. The van der Waals surface area contributed by atoms with Gasteiger partial charge in [-0.25, -0.2) is 9.78 Å². The van der Waals surface area contributed by atoms with Gasteiger partial charge in [-0.15, -0.1) is 0 Å². The summed E-state index contributed by atoms with van der Waals surface area (Å²) in [6, 6.07) is 3.98. The highest BCUT2D eigenvalue weighted by molar-refractivity contribution is 5.74. The van der Waals surface area contributed by atoms with E-state index in [4.69, 9.17) is 9.47 Å². The molecule has 2 amide bonds. The molecule has 1 aromatic rings. The zero-order valence-corrected chi connectivity index (χ0v) is 16.2. The number of hydrogen-bond acceptors (Lipinski definition) is 5. The van der Waals surface area contributed by atoms with E-state index in [0.29, 0.717) is 19.6 Å². The van der Waals surface area contributed by atoms with Gasteiger partial charge in [0, 0.05) is 32.4 Å². The number of anilines is 1. The molecule has 1 N–H and O–H groups in total. The van der Waals surface area contributed by atoms with E-state index in [9.17, 15) is 4.79 Å². The molecule has 0 spiro atoms. The maximum atomic E-state index is 12.5. The van der Waals surface area contributed by atoms with Gasteiger partial charge in [-0.1, -0.05) is 6.07 Å². The van der Waals surface area contributed by atoms with Crippen LogP contribution >= 0.6 is 0 Å². The van der Waals surface area contributed by atoms with Crippen LogP contribution in [0.15, 0.2) is 18.3 Å². The molecule has 3 rings (SSSR count). The minimum absolute atomic E-state index is 0.0429. The molecule has 144 valence electrons. The number of nitrogens with one attached hydrogen (secondary N) is 1. The largest absolute Gasteiger partial charge is 0.375 e. The van der Waals surface area contributed by atoms with Crippen LogP contribution in [0.2, 0.25) is 0 Å². The molecule has 3 heterocycles. The molecular weight excluding hydrogens is 332 g/mol. The Balaban J connectivity index is 1.52. The molecule has 1 aromatic heterocycles. The number of amides is 2. The van der Waals surface area contributed by atoms with Crippen LogP contribution in [-0.2, 0) is 16.0 Å². The van der Waals surface area contributed by atoms with Crippen molar-refractivity contribution >= 4 is 11.8 Å². The average molecular weight is 362 g/mol. The van der Waals surface area contributed by atoms with E-state index in [2.05, 4.69) is 22.1 Å². The quantitative estimate of drug-likeness (QED) is 0.891. The maximum Gasteiger partial charge on any atom is 0.317 e. The molecule has 0 saturated carbocycles. The number of hydrogen-bond donors (Lipinski definition) is 1. The predicted octanol–water partition coefficient (Wildman–Crippen LogP) is 2.02. The summed E-state index contributed by atoms with van der Waals surface area (Å²) in [5, 5.41) is 2.99. The molecule has 2 fully saturated rings. The number of nitrogens with zero attached hydrogens (tertiary/aromatic N) is 3. The van der Waals surface area contributed by atoms with E-state index in [-0.39, 0.29) is 23.8 Å². The molecule has 0 aromatic carbocycles. The van der Waals surface area contributed by atoms with E-state index in [1.54, 1.807) is 0 Å². The lowest BCUT2D eigenvalue weighted by Gasteiger charge is -2.41. The van der Waals surface area contributed by atoms with Gasteiger partial charge in [0.2, 0.25) is 0 Å². The van der Waals surface area contributed by atoms with Crippen LogP contribution in [0, 0.1) is 0 Å². The third-order valence-electron chi connectivity index (χ3n) is 4.67. The lowest BCUT2D eigenvalue weighted by molar-refractivity contribution is -0.117. The second-order valence-corrected chi connectivity index (χ2v) is 7.88. The molecule has 0 radical (unpaired) electrons. The number of aromatic nitrogens is 1. The fraction of sp³-hybridized carbons (Fsp3) is 0.684. The van der Waals surface area contributed by atoms with E-state index in [1.807, 2.05) is 44.0 Å². The summed E-state index contributed by atoms with van der Waals surface area (Å²) in [4.78, 5) is 21.1. The molecule has 2 aliphatic heterocycles. The summed E-state index contributed by atoms with van der Waals surface area (Å²) in [6.07, 6.45) is 2.10. The Morgan fingerprint density at radius 3 is 2.77 bits per heavy atom. The fourth-order valence-electron chi connectivity index (χ4n) is 3.63. The highest BCUT2D eigenvalue weighted by atomic mass is 16.5.